The molecule has 0 saturated carbocycles. The normalized spacial score (nSPS) is 11.5. The maximum atomic E-state index is 5.61. The maximum Gasteiger partial charge on any atom is 0.226 e. The van der Waals surface area contributed by atoms with Crippen molar-refractivity contribution in [2.75, 3.05) is 7.05 Å². The second kappa shape index (κ2) is 9.37. The molecule has 0 aliphatic rings. The van der Waals surface area contributed by atoms with Crippen LogP contribution in [-0.4, -0.2) is 23.0 Å². The van der Waals surface area contributed by atoms with Gasteiger partial charge in [-0.3, -0.25) is 4.99 Å². The number of aliphatic imine (C=N–C) groups is 1. The van der Waals surface area contributed by atoms with Crippen LogP contribution in [0.1, 0.15) is 16.3 Å². The number of hydrogen-bond donors (Lipinski definition) is 2. The number of thiazole rings is 1. The Morgan fingerprint density at radius 1 is 0.967 bits per heavy atom. The first kappa shape index (κ1) is 19.8. The van der Waals surface area contributed by atoms with Crippen molar-refractivity contribution in [3.8, 4) is 22.7 Å². The largest absolute Gasteiger partial charge is 0.444 e. The minimum Gasteiger partial charge on any atom is -0.444 e. The molecule has 152 valence electrons. The summed E-state index contributed by atoms with van der Waals surface area (Å²) < 4.78 is 5.61. The van der Waals surface area contributed by atoms with Gasteiger partial charge in [0.2, 0.25) is 5.89 Å². The third-order valence-electron chi connectivity index (χ3n) is 4.54. The van der Waals surface area contributed by atoms with Crippen molar-refractivity contribution in [3.05, 3.63) is 82.5 Å². The van der Waals surface area contributed by atoms with Crippen LogP contribution in [0, 0.1) is 6.92 Å². The van der Waals surface area contributed by atoms with Crippen LogP contribution in [0.25, 0.3) is 22.7 Å². The number of nitrogens with zero attached hydrogens (tertiary/aromatic N) is 3. The zero-order chi connectivity index (χ0) is 20.8. The molecule has 0 aliphatic heterocycles. The fourth-order valence-corrected chi connectivity index (χ4v) is 3.65. The number of hydrogen-bond acceptors (Lipinski definition) is 5. The number of rotatable bonds is 6. The van der Waals surface area contributed by atoms with Crippen LogP contribution in [0.15, 0.2) is 75.7 Å². The Labute approximate surface area is 179 Å². The van der Waals surface area contributed by atoms with E-state index in [1.807, 2.05) is 42.5 Å². The molecule has 0 bridgehead atoms. The Morgan fingerprint density at radius 3 is 2.50 bits per heavy atom. The topological polar surface area (TPSA) is 75.3 Å². The van der Waals surface area contributed by atoms with Crippen molar-refractivity contribution >= 4 is 17.3 Å². The Bertz CT molecular complexity index is 1120. The van der Waals surface area contributed by atoms with Crippen molar-refractivity contribution in [1.29, 1.82) is 0 Å². The van der Waals surface area contributed by atoms with Gasteiger partial charge in [0.15, 0.2) is 5.96 Å². The molecule has 7 heteroatoms. The molecule has 0 amide bonds. The van der Waals surface area contributed by atoms with Crippen molar-refractivity contribution in [1.82, 2.24) is 20.6 Å². The van der Waals surface area contributed by atoms with Gasteiger partial charge in [0, 0.05) is 23.6 Å². The molecule has 0 saturated heterocycles. The van der Waals surface area contributed by atoms with E-state index in [1.54, 1.807) is 24.6 Å². The number of oxazole rings is 1. The molecule has 2 heterocycles. The highest BCUT2D eigenvalue weighted by molar-refractivity contribution is 7.09. The van der Waals surface area contributed by atoms with Crippen molar-refractivity contribution < 1.29 is 4.42 Å². The van der Waals surface area contributed by atoms with Gasteiger partial charge in [-0.2, -0.15) is 0 Å². The van der Waals surface area contributed by atoms with E-state index < -0.39 is 0 Å². The Hall–Kier alpha value is -3.45. The summed E-state index contributed by atoms with van der Waals surface area (Å²) in [6.07, 6.45) is 1.67. The fourth-order valence-electron chi connectivity index (χ4n) is 2.90. The van der Waals surface area contributed by atoms with E-state index in [1.165, 1.54) is 5.56 Å². The number of guanidine groups is 1. The molecule has 0 unspecified atom stereocenters. The molecule has 2 aromatic heterocycles. The summed E-state index contributed by atoms with van der Waals surface area (Å²) in [6.45, 7) is 3.17. The van der Waals surface area contributed by atoms with Gasteiger partial charge in [0.1, 0.15) is 11.3 Å². The highest BCUT2D eigenvalue weighted by Crippen LogP contribution is 2.21. The van der Waals surface area contributed by atoms with E-state index in [4.69, 9.17) is 9.40 Å². The van der Waals surface area contributed by atoms with E-state index in [9.17, 15) is 0 Å². The standard InChI is InChI=1S/C23H23N5OS/c1-16-8-10-18(11-9-16)22-27-19(14-29-22)12-25-23(24-2)26-13-21-28-20(15-30-21)17-6-4-3-5-7-17/h3-11,14-15H,12-13H2,1-2H3,(H2,24,25,26). The molecule has 0 spiro atoms. The Morgan fingerprint density at radius 2 is 1.73 bits per heavy atom. The van der Waals surface area contributed by atoms with E-state index in [2.05, 4.69) is 45.0 Å². The van der Waals surface area contributed by atoms with Crippen molar-refractivity contribution in [3.63, 3.8) is 0 Å². The fraction of sp³-hybridized carbons (Fsp3) is 0.174. The van der Waals surface area contributed by atoms with E-state index in [0.29, 0.717) is 24.9 Å². The molecule has 0 aliphatic carbocycles. The average molecular weight is 418 g/mol. The van der Waals surface area contributed by atoms with Crippen LogP contribution < -0.4 is 10.6 Å². The smallest absolute Gasteiger partial charge is 0.226 e. The van der Waals surface area contributed by atoms with Crippen LogP contribution in [0.3, 0.4) is 0 Å². The van der Waals surface area contributed by atoms with Gasteiger partial charge < -0.3 is 15.1 Å². The molecule has 4 aromatic rings. The average Bonchev–Trinajstić information content (AvgIpc) is 3.45. The quantitative estimate of drug-likeness (QED) is 0.353. The number of aromatic nitrogens is 2. The van der Waals surface area contributed by atoms with E-state index in [0.717, 1.165) is 27.5 Å². The Balaban J connectivity index is 1.31. The molecule has 2 N–H and O–H groups in total. The number of nitrogens with one attached hydrogen (secondary N) is 2. The third kappa shape index (κ3) is 4.93. The summed E-state index contributed by atoms with van der Waals surface area (Å²) in [5, 5.41) is 9.63. The molecule has 0 atom stereocenters. The van der Waals surface area contributed by atoms with E-state index in [-0.39, 0.29) is 0 Å². The molecule has 0 fully saturated rings. The molecule has 0 radical (unpaired) electrons. The first-order chi connectivity index (χ1) is 14.7. The summed E-state index contributed by atoms with van der Waals surface area (Å²) >= 11 is 1.63. The lowest BCUT2D eigenvalue weighted by Gasteiger charge is -2.09. The van der Waals surface area contributed by atoms with Gasteiger partial charge >= 0.3 is 0 Å². The summed E-state index contributed by atoms with van der Waals surface area (Å²) in [5.74, 6) is 1.30. The number of aryl methyl sites for hydroxylation is 1. The van der Waals surface area contributed by atoms with E-state index >= 15 is 0 Å². The van der Waals surface area contributed by atoms with Gasteiger partial charge in [-0.05, 0) is 19.1 Å². The zero-order valence-electron chi connectivity index (χ0n) is 16.9. The molecule has 30 heavy (non-hydrogen) atoms. The summed E-state index contributed by atoms with van der Waals surface area (Å²) in [4.78, 5) is 13.5. The lowest BCUT2D eigenvalue weighted by Crippen LogP contribution is -2.36. The molecule has 4 rings (SSSR count). The second-order valence-electron chi connectivity index (χ2n) is 6.78. The molecule has 2 aromatic carbocycles. The van der Waals surface area contributed by atoms with Crippen LogP contribution in [0.2, 0.25) is 0 Å². The predicted octanol–water partition coefficient (Wildman–Crippen LogP) is 4.64. The van der Waals surface area contributed by atoms with Gasteiger partial charge in [-0.1, -0.05) is 48.0 Å². The van der Waals surface area contributed by atoms with Gasteiger partial charge in [0.05, 0.1) is 24.5 Å². The van der Waals surface area contributed by atoms with Crippen molar-refractivity contribution in [2.45, 2.75) is 20.0 Å². The van der Waals surface area contributed by atoms with Gasteiger partial charge in [-0.15, -0.1) is 11.3 Å². The zero-order valence-corrected chi connectivity index (χ0v) is 17.7. The molecular formula is C23H23N5OS. The van der Waals surface area contributed by atoms with Crippen LogP contribution in [0.5, 0.6) is 0 Å². The van der Waals surface area contributed by atoms with Gasteiger partial charge in [-0.25, -0.2) is 9.97 Å². The number of benzene rings is 2. The minimum absolute atomic E-state index is 0.516. The predicted molar refractivity (Wildman–Crippen MR) is 121 cm³/mol. The van der Waals surface area contributed by atoms with Crippen LogP contribution >= 0.6 is 11.3 Å². The summed E-state index contributed by atoms with van der Waals surface area (Å²) in [5.41, 5.74) is 5.10. The second-order valence-corrected chi connectivity index (χ2v) is 7.72. The summed E-state index contributed by atoms with van der Waals surface area (Å²) in [6, 6.07) is 18.3. The highest BCUT2D eigenvalue weighted by Gasteiger charge is 2.08. The van der Waals surface area contributed by atoms with Gasteiger partial charge in [0.25, 0.3) is 0 Å². The SMILES string of the molecule is CN=C(NCc1coc(-c2ccc(C)cc2)n1)NCc1nc(-c2ccccc2)cs1. The van der Waals surface area contributed by atoms with Crippen molar-refractivity contribution in [2.24, 2.45) is 4.99 Å². The first-order valence-corrected chi connectivity index (χ1v) is 10.5. The monoisotopic (exact) mass is 417 g/mol. The molecular weight excluding hydrogens is 394 g/mol. The maximum absolute atomic E-state index is 5.61. The third-order valence-corrected chi connectivity index (χ3v) is 5.39. The first-order valence-electron chi connectivity index (χ1n) is 9.67. The van der Waals surface area contributed by atoms with Crippen LogP contribution in [0.4, 0.5) is 0 Å². The van der Waals surface area contributed by atoms with Crippen LogP contribution in [-0.2, 0) is 13.1 Å². The molecule has 6 nitrogen and oxygen atoms in total. The summed E-state index contributed by atoms with van der Waals surface area (Å²) in [7, 11) is 1.74. The highest BCUT2D eigenvalue weighted by atomic mass is 32.1. The lowest BCUT2D eigenvalue weighted by molar-refractivity contribution is 0.572. The Kier molecular flexibility index (Phi) is 6.20. The minimum atomic E-state index is 0.516. The lowest BCUT2D eigenvalue weighted by atomic mass is 10.1.